The van der Waals surface area contributed by atoms with Crippen molar-refractivity contribution in [2.75, 3.05) is 25.1 Å². The lowest BCUT2D eigenvalue weighted by atomic mass is 9.85. The van der Waals surface area contributed by atoms with E-state index in [0.717, 1.165) is 0 Å². The zero-order valence-corrected chi connectivity index (χ0v) is 11.7. The van der Waals surface area contributed by atoms with Crippen molar-refractivity contribution in [3.05, 3.63) is 0 Å². The lowest BCUT2D eigenvalue weighted by Gasteiger charge is -2.30. The lowest BCUT2D eigenvalue weighted by Crippen LogP contribution is -2.55. The summed E-state index contributed by atoms with van der Waals surface area (Å²) in [6, 6.07) is -1.30. The fraction of sp³-hybridized carbons (Fsp3) is 0.818. The van der Waals surface area contributed by atoms with E-state index in [1.54, 1.807) is 6.26 Å². The maximum absolute atomic E-state index is 13.1. The van der Waals surface area contributed by atoms with E-state index in [0.29, 0.717) is 5.75 Å². The minimum absolute atomic E-state index is 0.0788. The minimum atomic E-state index is -4.71. The molecule has 5 nitrogen and oxygen atoms in total. The third-order valence-corrected chi connectivity index (χ3v) is 3.99. The molecule has 0 aromatic carbocycles. The summed E-state index contributed by atoms with van der Waals surface area (Å²) in [6.45, 7) is -0.438. The van der Waals surface area contributed by atoms with E-state index >= 15 is 0 Å². The van der Waals surface area contributed by atoms with Gasteiger partial charge in [-0.1, -0.05) is 0 Å². The number of carboxylic acid groups (broad SMARTS) is 1. The van der Waals surface area contributed by atoms with E-state index in [1.165, 1.54) is 11.8 Å². The first-order valence-corrected chi connectivity index (χ1v) is 7.44. The maximum Gasteiger partial charge on any atom is 0.404 e. The van der Waals surface area contributed by atoms with Gasteiger partial charge in [0.15, 0.2) is 5.41 Å². The van der Waals surface area contributed by atoms with Crippen LogP contribution in [0.15, 0.2) is 0 Å². The monoisotopic (exact) mass is 314 g/mol. The van der Waals surface area contributed by atoms with Crippen molar-refractivity contribution in [3.8, 4) is 0 Å². The molecule has 0 spiro atoms. The van der Waals surface area contributed by atoms with Crippen LogP contribution in [0.1, 0.15) is 12.8 Å². The predicted molar refractivity (Wildman–Crippen MR) is 68.5 cm³/mol. The van der Waals surface area contributed by atoms with Crippen LogP contribution in [0.5, 0.6) is 0 Å². The molecule has 1 unspecified atom stereocenters. The predicted octanol–water partition coefficient (Wildman–Crippen LogP) is 0.851. The number of alkyl halides is 3. The van der Waals surface area contributed by atoms with Crippen molar-refractivity contribution >= 4 is 23.6 Å². The number of thioether (sulfide) groups is 1. The fourth-order valence-electron chi connectivity index (χ4n) is 2.05. The van der Waals surface area contributed by atoms with Gasteiger partial charge in [-0.15, -0.1) is 0 Å². The van der Waals surface area contributed by atoms with Crippen LogP contribution in [-0.2, 0) is 9.59 Å². The molecule has 0 radical (unpaired) electrons. The number of hydrogen-bond donors (Lipinski definition) is 3. The Bertz CT molecular complexity index is 370. The number of nitrogens with one attached hydrogen (secondary N) is 2. The molecule has 2 atom stereocenters. The minimum Gasteiger partial charge on any atom is -0.480 e. The molecular weight excluding hydrogens is 297 g/mol. The molecule has 1 fully saturated rings. The van der Waals surface area contributed by atoms with Crippen LogP contribution in [0, 0.1) is 5.41 Å². The van der Waals surface area contributed by atoms with E-state index < -0.39 is 36.1 Å². The number of carboxylic acids is 1. The largest absolute Gasteiger partial charge is 0.480 e. The third-order valence-electron chi connectivity index (χ3n) is 3.35. The van der Waals surface area contributed by atoms with Gasteiger partial charge in [-0.05, 0) is 31.4 Å². The zero-order chi connectivity index (χ0) is 15.4. The average molecular weight is 314 g/mol. The zero-order valence-electron chi connectivity index (χ0n) is 10.9. The molecule has 116 valence electrons. The van der Waals surface area contributed by atoms with Crippen LogP contribution in [0.25, 0.3) is 0 Å². The molecule has 20 heavy (non-hydrogen) atoms. The smallest absolute Gasteiger partial charge is 0.404 e. The maximum atomic E-state index is 13.1. The molecule has 1 aliphatic heterocycles. The Morgan fingerprint density at radius 2 is 2.15 bits per heavy atom. The first kappa shape index (κ1) is 17.1. The number of carbonyl (C=O) groups excluding carboxylic acids is 1. The highest BCUT2D eigenvalue weighted by atomic mass is 32.2. The summed E-state index contributed by atoms with van der Waals surface area (Å²) >= 11 is 1.36. The molecule has 0 bridgehead atoms. The fourth-order valence-corrected chi connectivity index (χ4v) is 2.52. The van der Waals surface area contributed by atoms with Gasteiger partial charge in [0, 0.05) is 6.54 Å². The number of hydrogen-bond acceptors (Lipinski definition) is 4. The second kappa shape index (κ2) is 6.66. The average Bonchev–Trinajstić information content (AvgIpc) is 2.83. The summed E-state index contributed by atoms with van der Waals surface area (Å²) < 4.78 is 39.4. The van der Waals surface area contributed by atoms with Crippen LogP contribution >= 0.6 is 11.8 Å². The summed E-state index contributed by atoms with van der Waals surface area (Å²) in [5.41, 5.74) is -2.53. The van der Waals surface area contributed by atoms with Gasteiger partial charge in [-0.3, -0.25) is 4.79 Å². The summed E-state index contributed by atoms with van der Waals surface area (Å²) in [7, 11) is 0. The Morgan fingerprint density at radius 3 is 2.55 bits per heavy atom. The second-order valence-corrected chi connectivity index (χ2v) is 5.64. The van der Waals surface area contributed by atoms with Crippen molar-refractivity contribution in [2.24, 2.45) is 5.41 Å². The Kier molecular flexibility index (Phi) is 5.69. The molecule has 1 aliphatic rings. The Hall–Kier alpha value is -0.960. The van der Waals surface area contributed by atoms with Crippen molar-refractivity contribution in [2.45, 2.75) is 25.1 Å². The van der Waals surface area contributed by atoms with Crippen molar-refractivity contribution in [3.63, 3.8) is 0 Å². The molecular formula is C11H17F3N2O3S. The molecule has 0 saturated carbocycles. The Balaban J connectivity index is 2.83. The number of halogens is 3. The number of aliphatic carboxylic acids is 1. The molecule has 1 rings (SSSR count). The van der Waals surface area contributed by atoms with Gasteiger partial charge in [0.05, 0.1) is 0 Å². The quantitative estimate of drug-likeness (QED) is 0.677. The highest BCUT2D eigenvalue weighted by Crippen LogP contribution is 2.43. The highest BCUT2D eigenvalue weighted by molar-refractivity contribution is 7.98. The van der Waals surface area contributed by atoms with Gasteiger partial charge in [-0.25, -0.2) is 4.79 Å². The molecule has 1 saturated heterocycles. The second-order valence-electron chi connectivity index (χ2n) is 4.65. The van der Waals surface area contributed by atoms with Gasteiger partial charge >= 0.3 is 12.1 Å². The van der Waals surface area contributed by atoms with E-state index in [1.807, 2.05) is 5.32 Å². The summed E-state index contributed by atoms with van der Waals surface area (Å²) in [4.78, 5) is 22.9. The summed E-state index contributed by atoms with van der Waals surface area (Å²) in [6.07, 6.45) is -3.25. The SMILES string of the molecule is CSCC[C@H](NC(=O)C1(C(F)(F)F)CCNC1)C(=O)O. The number of rotatable bonds is 6. The van der Waals surface area contributed by atoms with Crippen LogP contribution in [0.4, 0.5) is 13.2 Å². The standard InChI is InChI=1S/C11H17F3N2O3S/c1-20-5-2-7(8(17)18)16-9(19)10(11(12,13)14)3-4-15-6-10/h7,15H,2-6H2,1H3,(H,16,19)(H,17,18)/t7-,10?/m0/s1. The van der Waals surface area contributed by atoms with E-state index in [-0.39, 0.29) is 19.4 Å². The number of amides is 1. The van der Waals surface area contributed by atoms with Crippen molar-refractivity contribution < 1.29 is 27.9 Å². The topological polar surface area (TPSA) is 78.4 Å². The summed E-state index contributed by atoms with van der Waals surface area (Å²) in [5.74, 6) is -2.15. The van der Waals surface area contributed by atoms with Gasteiger partial charge < -0.3 is 15.7 Å². The normalized spacial score (nSPS) is 24.4. The van der Waals surface area contributed by atoms with E-state index in [4.69, 9.17) is 5.11 Å². The van der Waals surface area contributed by atoms with Gasteiger partial charge in [-0.2, -0.15) is 24.9 Å². The van der Waals surface area contributed by atoms with E-state index in [9.17, 15) is 22.8 Å². The molecule has 0 aromatic rings. The highest BCUT2D eigenvalue weighted by Gasteiger charge is 2.61. The van der Waals surface area contributed by atoms with Gasteiger partial charge in [0.25, 0.3) is 0 Å². The Labute approximate surface area is 118 Å². The molecule has 9 heteroatoms. The van der Waals surface area contributed by atoms with Gasteiger partial charge in [0.2, 0.25) is 5.91 Å². The number of carbonyl (C=O) groups is 2. The van der Waals surface area contributed by atoms with Crippen LogP contribution in [0.3, 0.4) is 0 Å². The molecule has 0 aliphatic carbocycles. The summed E-state index contributed by atoms with van der Waals surface area (Å²) in [5, 5.41) is 13.5. The lowest BCUT2D eigenvalue weighted by molar-refractivity contribution is -0.216. The first-order valence-electron chi connectivity index (χ1n) is 6.05. The van der Waals surface area contributed by atoms with Crippen LogP contribution in [-0.4, -0.2) is 54.3 Å². The molecule has 0 aromatic heterocycles. The van der Waals surface area contributed by atoms with Crippen molar-refractivity contribution in [1.82, 2.24) is 10.6 Å². The van der Waals surface area contributed by atoms with Crippen molar-refractivity contribution in [1.29, 1.82) is 0 Å². The van der Waals surface area contributed by atoms with E-state index in [2.05, 4.69) is 5.32 Å². The molecule has 1 amide bonds. The van der Waals surface area contributed by atoms with Gasteiger partial charge in [0.1, 0.15) is 6.04 Å². The molecule has 1 heterocycles. The molecule has 3 N–H and O–H groups in total. The van der Waals surface area contributed by atoms with Crippen LogP contribution in [0.2, 0.25) is 0 Å². The Morgan fingerprint density at radius 1 is 1.50 bits per heavy atom. The van der Waals surface area contributed by atoms with Crippen LogP contribution < -0.4 is 10.6 Å². The first-order chi connectivity index (χ1) is 9.24. The third kappa shape index (κ3) is 3.57.